The lowest BCUT2D eigenvalue weighted by molar-refractivity contribution is 0.442. The largest absolute Gasteiger partial charge is 0.319 e. The van der Waals surface area contributed by atoms with Crippen molar-refractivity contribution >= 4 is 0 Å². The molecular formula is C10H17N3O. The molecule has 0 aliphatic rings. The SMILES string of the molecule is CCc1cc(=O)[nH]c(C(C)(N)CC)n1. The summed E-state index contributed by atoms with van der Waals surface area (Å²) < 4.78 is 0. The zero-order chi connectivity index (χ0) is 10.8. The van der Waals surface area contributed by atoms with E-state index in [-0.39, 0.29) is 5.56 Å². The average molecular weight is 195 g/mol. The molecule has 1 heterocycles. The molecule has 14 heavy (non-hydrogen) atoms. The van der Waals surface area contributed by atoms with Crippen molar-refractivity contribution in [3.8, 4) is 0 Å². The third-order valence-corrected chi connectivity index (χ3v) is 2.43. The highest BCUT2D eigenvalue weighted by Crippen LogP contribution is 2.15. The lowest BCUT2D eigenvalue weighted by atomic mass is 9.99. The first kappa shape index (κ1) is 10.9. The standard InChI is InChI=1S/C10H17N3O/c1-4-7-6-8(14)13-9(12-7)10(3,11)5-2/h6H,4-5,11H2,1-3H3,(H,12,13,14). The molecule has 4 heteroatoms. The number of nitrogens with two attached hydrogens (primary N) is 1. The number of hydrogen-bond acceptors (Lipinski definition) is 3. The molecule has 3 N–H and O–H groups in total. The minimum Gasteiger partial charge on any atom is -0.319 e. The lowest BCUT2D eigenvalue weighted by Crippen LogP contribution is -2.36. The molecule has 1 rings (SSSR count). The van der Waals surface area contributed by atoms with Crippen LogP contribution < -0.4 is 11.3 Å². The number of aromatic amines is 1. The highest BCUT2D eigenvalue weighted by Gasteiger charge is 2.21. The van der Waals surface area contributed by atoms with Crippen LogP contribution >= 0.6 is 0 Å². The monoisotopic (exact) mass is 195 g/mol. The van der Waals surface area contributed by atoms with Crippen LogP contribution in [0.4, 0.5) is 0 Å². The summed E-state index contributed by atoms with van der Waals surface area (Å²) >= 11 is 0. The van der Waals surface area contributed by atoms with Gasteiger partial charge in [-0.1, -0.05) is 13.8 Å². The average Bonchev–Trinajstić information content (AvgIpc) is 2.16. The summed E-state index contributed by atoms with van der Waals surface area (Å²) in [5.41, 5.74) is 6.10. The van der Waals surface area contributed by atoms with Gasteiger partial charge in [0.05, 0.1) is 5.54 Å². The van der Waals surface area contributed by atoms with E-state index in [0.29, 0.717) is 5.82 Å². The fraction of sp³-hybridized carbons (Fsp3) is 0.600. The van der Waals surface area contributed by atoms with Gasteiger partial charge < -0.3 is 10.7 Å². The van der Waals surface area contributed by atoms with Crippen molar-refractivity contribution in [2.75, 3.05) is 0 Å². The second kappa shape index (κ2) is 3.92. The summed E-state index contributed by atoms with van der Waals surface area (Å²) in [7, 11) is 0. The van der Waals surface area contributed by atoms with E-state index in [2.05, 4.69) is 9.97 Å². The van der Waals surface area contributed by atoms with Crippen LogP contribution in [0.25, 0.3) is 0 Å². The van der Waals surface area contributed by atoms with Crippen LogP contribution in [-0.4, -0.2) is 9.97 Å². The van der Waals surface area contributed by atoms with Crippen molar-refractivity contribution in [3.63, 3.8) is 0 Å². The molecule has 0 aromatic carbocycles. The minimum atomic E-state index is -0.551. The van der Waals surface area contributed by atoms with Crippen LogP contribution in [-0.2, 0) is 12.0 Å². The van der Waals surface area contributed by atoms with Gasteiger partial charge in [0, 0.05) is 11.8 Å². The predicted molar refractivity (Wildman–Crippen MR) is 56.1 cm³/mol. The maximum absolute atomic E-state index is 11.3. The summed E-state index contributed by atoms with van der Waals surface area (Å²) in [6, 6.07) is 1.51. The van der Waals surface area contributed by atoms with E-state index < -0.39 is 5.54 Å². The van der Waals surface area contributed by atoms with Gasteiger partial charge in [0.25, 0.3) is 5.56 Å². The fourth-order valence-electron chi connectivity index (χ4n) is 1.13. The summed E-state index contributed by atoms with van der Waals surface area (Å²) in [5, 5.41) is 0. The Labute approximate surface area is 83.6 Å². The van der Waals surface area contributed by atoms with Crippen molar-refractivity contribution < 1.29 is 0 Å². The molecule has 0 saturated heterocycles. The third-order valence-electron chi connectivity index (χ3n) is 2.43. The molecule has 0 bridgehead atoms. The highest BCUT2D eigenvalue weighted by atomic mass is 16.1. The number of aryl methyl sites for hydroxylation is 1. The Morgan fingerprint density at radius 2 is 2.21 bits per heavy atom. The van der Waals surface area contributed by atoms with Gasteiger partial charge in [-0.2, -0.15) is 0 Å². The molecule has 1 aromatic heterocycles. The zero-order valence-corrected chi connectivity index (χ0v) is 8.92. The molecule has 0 saturated carbocycles. The van der Waals surface area contributed by atoms with Gasteiger partial charge >= 0.3 is 0 Å². The first-order chi connectivity index (χ1) is 6.49. The van der Waals surface area contributed by atoms with E-state index in [9.17, 15) is 4.79 Å². The first-order valence-electron chi connectivity index (χ1n) is 4.89. The number of nitrogens with zero attached hydrogens (tertiary/aromatic N) is 1. The zero-order valence-electron chi connectivity index (χ0n) is 8.92. The molecule has 0 amide bonds. The van der Waals surface area contributed by atoms with Gasteiger partial charge in [-0.3, -0.25) is 4.79 Å². The van der Waals surface area contributed by atoms with E-state index in [0.717, 1.165) is 18.5 Å². The van der Waals surface area contributed by atoms with Crippen molar-refractivity contribution in [1.29, 1.82) is 0 Å². The molecule has 1 aromatic rings. The lowest BCUT2D eigenvalue weighted by Gasteiger charge is -2.21. The van der Waals surface area contributed by atoms with Gasteiger partial charge in [-0.25, -0.2) is 4.98 Å². The van der Waals surface area contributed by atoms with Crippen LogP contribution in [0.1, 0.15) is 38.7 Å². The van der Waals surface area contributed by atoms with E-state index >= 15 is 0 Å². The molecule has 1 atom stereocenters. The number of rotatable bonds is 3. The van der Waals surface area contributed by atoms with E-state index in [1.807, 2.05) is 20.8 Å². The Kier molecular flexibility index (Phi) is 3.06. The molecule has 0 aliphatic heterocycles. The predicted octanol–water partition coefficient (Wildman–Crippen LogP) is 0.916. The maximum atomic E-state index is 11.3. The third kappa shape index (κ3) is 2.20. The Balaban J connectivity index is 3.22. The summed E-state index contributed by atoms with van der Waals surface area (Å²) in [5.74, 6) is 0.573. The Hall–Kier alpha value is -1.16. The quantitative estimate of drug-likeness (QED) is 0.753. The van der Waals surface area contributed by atoms with E-state index in [4.69, 9.17) is 5.73 Å². The number of nitrogens with one attached hydrogen (secondary N) is 1. The van der Waals surface area contributed by atoms with Gasteiger partial charge in [-0.05, 0) is 19.8 Å². The number of hydrogen-bond donors (Lipinski definition) is 2. The molecule has 4 nitrogen and oxygen atoms in total. The highest BCUT2D eigenvalue weighted by molar-refractivity contribution is 5.08. The van der Waals surface area contributed by atoms with Crippen LogP contribution in [0, 0.1) is 0 Å². The molecule has 0 aliphatic carbocycles. The molecule has 78 valence electrons. The second-order valence-electron chi connectivity index (χ2n) is 3.71. The number of H-pyrrole nitrogens is 1. The Bertz CT molecular complexity index is 368. The molecule has 0 fully saturated rings. The van der Waals surface area contributed by atoms with Gasteiger partial charge in [0.1, 0.15) is 5.82 Å². The Morgan fingerprint density at radius 3 is 2.71 bits per heavy atom. The van der Waals surface area contributed by atoms with Crippen molar-refractivity contribution in [2.24, 2.45) is 5.73 Å². The fourth-order valence-corrected chi connectivity index (χ4v) is 1.13. The normalized spacial score (nSPS) is 15.1. The van der Waals surface area contributed by atoms with Gasteiger partial charge in [-0.15, -0.1) is 0 Å². The van der Waals surface area contributed by atoms with Crippen LogP contribution in [0.2, 0.25) is 0 Å². The molecular weight excluding hydrogens is 178 g/mol. The Morgan fingerprint density at radius 1 is 1.57 bits per heavy atom. The van der Waals surface area contributed by atoms with Crippen LogP contribution in [0.15, 0.2) is 10.9 Å². The van der Waals surface area contributed by atoms with Crippen molar-refractivity contribution in [1.82, 2.24) is 9.97 Å². The number of aromatic nitrogens is 2. The van der Waals surface area contributed by atoms with Crippen molar-refractivity contribution in [3.05, 3.63) is 27.9 Å². The summed E-state index contributed by atoms with van der Waals surface area (Å²) in [4.78, 5) is 18.3. The van der Waals surface area contributed by atoms with Crippen molar-refractivity contribution in [2.45, 2.75) is 39.2 Å². The topological polar surface area (TPSA) is 71.8 Å². The second-order valence-corrected chi connectivity index (χ2v) is 3.71. The molecule has 0 spiro atoms. The summed E-state index contributed by atoms with van der Waals surface area (Å²) in [6.07, 6.45) is 1.49. The van der Waals surface area contributed by atoms with E-state index in [1.165, 1.54) is 6.07 Å². The van der Waals surface area contributed by atoms with Crippen LogP contribution in [0.5, 0.6) is 0 Å². The molecule has 0 radical (unpaired) electrons. The van der Waals surface area contributed by atoms with Gasteiger partial charge in [0.2, 0.25) is 0 Å². The van der Waals surface area contributed by atoms with E-state index in [1.54, 1.807) is 0 Å². The van der Waals surface area contributed by atoms with Gasteiger partial charge in [0.15, 0.2) is 0 Å². The summed E-state index contributed by atoms with van der Waals surface area (Å²) in [6.45, 7) is 5.80. The maximum Gasteiger partial charge on any atom is 0.251 e. The first-order valence-corrected chi connectivity index (χ1v) is 4.89. The molecule has 1 unspecified atom stereocenters. The smallest absolute Gasteiger partial charge is 0.251 e. The van der Waals surface area contributed by atoms with Crippen LogP contribution in [0.3, 0.4) is 0 Å². The minimum absolute atomic E-state index is 0.128.